The molecule has 3 heterocycles. The summed E-state index contributed by atoms with van der Waals surface area (Å²) in [5.41, 5.74) is 3.32. The Bertz CT molecular complexity index is 939. The van der Waals surface area contributed by atoms with Crippen molar-refractivity contribution in [2.24, 2.45) is 0 Å². The van der Waals surface area contributed by atoms with E-state index in [9.17, 15) is 0 Å². The van der Waals surface area contributed by atoms with Crippen LogP contribution in [0.1, 0.15) is 17.0 Å². The van der Waals surface area contributed by atoms with Gasteiger partial charge in [0.1, 0.15) is 12.1 Å². The van der Waals surface area contributed by atoms with Crippen LogP contribution in [0.2, 0.25) is 0 Å². The van der Waals surface area contributed by atoms with E-state index in [2.05, 4.69) is 67.4 Å². The van der Waals surface area contributed by atoms with E-state index in [1.165, 1.54) is 5.56 Å². The molecule has 0 spiro atoms. The standard InChI is InChI=1S/C22H26N6/c1-18-15-19(2)28(25-18)22-16-21(23-17-24-22)27-13-11-26(12-14-27)10-6-9-20-7-4-3-5-8-20/h3-9,15-17H,10-14H2,1-2H3/b9-6+. The van der Waals surface area contributed by atoms with Gasteiger partial charge in [-0.1, -0.05) is 42.5 Å². The SMILES string of the molecule is Cc1cc(C)n(-c2cc(N3CCN(C/C=C/c4ccccc4)CC3)ncn2)n1. The Labute approximate surface area is 166 Å². The normalized spacial score (nSPS) is 15.4. The van der Waals surface area contributed by atoms with Gasteiger partial charge in [0.2, 0.25) is 0 Å². The maximum absolute atomic E-state index is 4.53. The average molecular weight is 374 g/mol. The fraction of sp³-hybridized carbons (Fsp3) is 0.318. The van der Waals surface area contributed by atoms with Crippen molar-refractivity contribution < 1.29 is 0 Å². The van der Waals surface area contributed by atoms with Crippen LogP contribution in [0.5, 0.6) is 0 Å². The van der Waals surface area contributed by atoms with E-state index in [1.54, 1.807) is 6.33 Å². The summed E-state index contributed by atoms with van der Waals surface area (Å²) in [4.78, 5) is 13.7. The highest BCUT2D eigenvalue weighted by atomic mass is 15.3. The monoisotopic (exact) mass is 374 g/mol. The quantitative estimate of drug-likeness (QED) is 0.687. The molecular weight excluding hydrogens is 348 g/mol. The first-order valence-corrected chi connectivity index (χ1v) is 9.73. The molecule has 1 aliphatic rings. The highest BCUT2D eigenvalue weighted by Gasteiger charge is 2.18. The molecule has 1 fully saturated rings. The zero-order valence-electron chi connectivity index (χ0n) is 16.5. The van der Waals surface area contributed by atoms with Crippen molar-refractivity contribution in [1.82, 2.24) is 24.6 Å². The maximum Gasteiger partial charge on any atom is 0.159 e. The molecule has 0 bridgehead atoms. The van der Waals surface area contributed by atoms with Gasteiger partial charge < -0.3 is 4.90 Å². The van der Waals surface area contributed by atoms with Gasteiger partial charge in [0, 0.05) is 44.5 Å². The second-order valence-electron chi connectivity index (χ2n) is 7.17. The van der Waals surface area contributed by atoms with Crippen LogP contribution in [0.25, 0.3) is 11.9 Å². The van der Waals surface area contributed by atoms with E-state index in [1.807, 2.05) is 30.7 Å². The van der Waals surface area contributed by atoms with Crippen LogP contribution in [0.4, 0.5) is 5.82 Å². The molecule has 144 valence electrons. The fourth-order valence-electron chi connectivity index (χ4n) is 3.55. The van der Waals surface area contributed by atoms with E-state index in [0.717, 1.165) is 55.7 Å². The average Bonchev–Trinajstić information content (AvgIpc) is 3.07. The Morgan fingerprint density at radius 3 is 2.39 bits per heavy atom. The van der Waals surface area contributed by atoms with Crippen LogP contribution in [-0.4, -0.2) is 57.4 Å². The third-order valence-electron chi connectivity index (χ3n) is 5.03. The molecule has 6 heteroatoms. The molecule has 1 saturated heterocycles. The maximum atomic E-state index is 4.53. The highest BCUT2D eigenvalue weighted by molar-refractivity contribution is 5.49. The third-order valence-corrected chi connectivity index (χ3v) is 5.03. The Balaban J connectivity index is 1.36. The number of hydrogen-bond donors (Lipinski definition) is 0. The molecule has 0 saturated carbocycles. The van der Waals surface area contributed by atoms with Gasteiger partial charge in [-0.3, -0.25) is 4.90 Å². The van der Waals surface area contributed by atoms with E-state index >= 15 is 0 Å². The number of piperazine rings is 1. The van der Waals surface area contributed by atoms with Gasteiger partial charge in [0.25, 0.3) is 0 Å². The van der Waals surface area contributed by atoms with Crippen LogP contribution < -0.4 is 4.90 Å². The molecule has 2 aromatic heterocycles. The fourth-order valence-corrected chi connectivity index (χ4v) is 3.55. The molecule has 0 N–H and O–H groups in total. The second kappa shape index (κ2) is 8.35. The second-order valence-corrected chi connectivity index (χ2v) is 7.17. The molecule has 1 aromatic carbocycles. The lowest BCUT2D eigenvalue weighted by molar-refractivity contribution is 0.283. The van der Waals surface area contributed by atoms with Gasteiger partial charge in [0.15, 0.2) is 5.82 Å². The summed E-state index contributed by atoms with van der Waals surface area (Å²) in [6.07, 6.45) is 6.07. The summed E-state index contributed by atoms with van der Waals surface area (Å²) in [5.74, 6) is 1.79. The topological polar surface area (TPSA) is 50.1 Å². The molecule has 0 unspecified atom stereocenters. The molecule has 0 aliphatic carbocycles. The summed E-state index contributed by atoms with van der Waals surface area (Å²) in [6, 6.07) is 14.5. The van der Waals surface area contributed by atoms with E-state index in [0.29, 0.717) is 0 Å². The van der Waals surface area contributed by atoms with Gasteiger partial charge in [0.05, 0.1) is 5.69 Å². The molecule has 1 aliphatic heterocycles. The molecule has 28 heavy (non-hydrogen) atoms. The van der Waals surface area contributed by atoms with Crippen LogP contribution in [0.3, 0.4) is 0 Å². The van der Waals surface area contributed by atoms with Crippen molar-refractivity contribution in [1.29, 1.82) is 0 Å². The predicted octanol–water partition coefficient (Wildman–Crippen LogP) is 3.11. The van der Waals surface area contributed by atoms with Gasteiger partial charge in [-0.25, -0.2) is 14.6 Å². The molecule has 0 atom stereocenters. The summed E-state index contributed by atoms with van der Waals surface area (Å²) in [6.45, 7) is 9.00. The number of benzene rings is 1. The van der Waals surface area contributed by atoms with Crippen LogP contribution in [0, 0.1) is 13.8 Å². The Hall–Kier alpha value is -2.99. The largest absolute Gasteiger partial charge is 0.354 e. The summed E-state index contributed by atoms with van der Waals surface area (Å²) in [5, 5.41) is 4.53. The Morgan fingerprint density at radius 2 is 1.68 bits per heavy atom. The van der Waals surface area contributed by atoms with E-state index < -0.39 is 0 Å². The Kier molecular flexibility index (Phi) is 5.48. The first-order chi connectivity index (χ1) is 13.7. The number of rotatable bonds is 5. The minimum absolute atomic E-state index is 0.823. The van der Waals surface area contributed by atoms with Gasteiger partial charge in [-0.15, -0.1) is 0 Å². The molecular formula is C22H26N6. The van der Waals surface area contributed by atoms with Crippen molar-refractivity contribution >= 4 is 11.9 Å². The number of aryl methyl sites for hydroxylation is 2. The summed E-state index contributed by atoms with van der Waals surface area (Å²) in [7, 11) is 0. The van der Waals surface area contributed by atoms with Gasteiger partial charge >= 0.3 is 0 Å². The third kappa shape index (κ3) is 4.28. The molecule has 0 amide bonds. The zero-order chi connectivity index (χ0) is 19.3. The van der Waals surface area contributed by atoms with Crippen molar-refractivity contribution in [3.05, 3.63) is 71.8 Å². The number of hydrogen-bond acceptors (Lipinski definition) is 5. The number of anilines is 1. The lowest BCUT2D eigenvalue weighted by Gasteiger charge is -2.34. The van der Waals surface area contributed by atoms with Crippen LogP contribution in [-0.2, 0) is 0 Å². The minimum Gasteiger partial charge on any atom is -0.354 e. The van der Waals surface area contributed by atoms with Gasteiger partial charge in [-0.2, -0.15) is 5.10 Å². The summed E-state index contributed by atoms with van der Waals surface area (Å²) >= 11 is 0. The minimum atomic E-state index is 0.823. The predicted molar refractivity (Wildman–Crippen MR) is 113 cm³/mol. The Morgan fingerprint density at radius 1 is 0.929 bits per heavy atom. The van der Waals surface area contributed by atoms with Crippen LogP contribution in [0.15, 0.2) is 54.9 Å². The molecule has 3 aromatic rings. The number of aromatic nitrogens is 4. The number of nitrogens with zero attached hydrogens (tertiary/aromatic N) is 6. The van der Waals surface area contributed by atoms with Crippen molar-refractivity contribution in [3.63, 3.8) is 0 Å². The molecule has 4 rings (SSSR count). The first-order valence-electron chi connectivity index (χ1n) is 9.73. The smallest absolute Gasteiger partial charge is 0.159 e. The van der Waals surface area contributed by atoms with Crippen molar-refractivity contribution in [3.8, 4) is 5.82 Å². The highest BCUT2D eigenvalue weighted by Crippen LogP contribution is 2.17. The summed E-state index contributed by atoms with van der Waals surface area (Å²) < 4.78 is 1.88. The lowest BCUT2D eigenvalue weighted by atomic mass is 10.2. The molecule has 0 radical (unpaired) electrons. The van der Waals surface area contributed by atoms with Crippen LogP contribution >= 0.6 is 0 Å². The lowest BCUT2D eigenvalue weighted by Crippen LogP contribution is -2.46. The van der Waals surface area contributed by atoms with Gasteiger partial charge in [-0.05, 0) is 25.5 Å². The molecule has 6 nitrogen and oxygen atoms in total. The van der Waals surface area contributed by atoms with Crippen molar-refractivity contribution in [2.45, 2.75) is 13.8 Å². The van der Waals surface area contributed by atoms with E-state index in [-0.39, 0.29) is 0 Å². The van der Waals surface area contributed by atoms with E-state index in [4.69, 9.17) is 0 Å². The first kappa shape index (κ1) is 18.4. The zero-order valence-corrected chi connectivity index (χ0v) is 16.5. The van der Waals surface area contributed by atoms with Crippen molar-refractivity contribution in [2.75, 3.05) is 37.6 Å².